The number of hydrogen-bond acceptors (Lipinski definition) is 5. The zero-order chi connectivity index (χ0) is 22.4. The van der Waals surface area contributed by atoms with Crippen molar-refractivity contribution in [1.29, 1.82) is 0 Å². The van der Waals surface area contributed by atoms with Crippen molar-refractivity contribution in [3.05, 3.63) is 100 Å². The van der Waals surface area contributed by atoms with Gasteiger partial charge in [-0.3, -0.25) is 14.5 Å². The van der Waals surface area contributed by atoms with Crippen LogP contribution in [-0.2, 0) is 9.59 Å². The summed E-state index contributed by atoms with van der Waals surface area (Å²) in [6.07, 6.45) is 0. The molecule has 0 bridgehead atoms. The Morgan fingerprint density at radius 1 is 1.03 bits per heavy atom. The summed E-state index contributed by atoms with van der Waals surface area (Å²) < 4.78 is 14.2. The van der Waals surface area contributed by atoms with Gasteiger partial charge in [-0.25, -0.2) is 9.37 Å². The summed E-state index contributed by atoms with van der Waals surface area (Å²) in [5, 5.41) is 11.7. The molecule has 1 unspecified atom stereocenters. The molecular weight excluding hydrogens is 451 g/mol. The van der Waals surface area contributed by atoms with Gasteiger partial charge in [0, 0.05) is 10.6 Å². The van der Waals surface area contributed by atoms with E-state index in [1.807, 2.05) is 0 Å². The predicted molar refractivity (Wildman–Crippen MR) is 122 cm³/mol. The van der Waals surface area contributed by atoms with E-state index in [4.69, 9.17) is 11.6 Å². The summed E-state index contributed by atoms with van der Waals surface area (Å²) in [4.78, 5) is 32.0. The van der Waals surface area contributed by atoms with Crippen LogP contribution in [-0.4, -0.2) is 21.8 Å². The van der Waals surface area contributed by atoms with Crippen LogP contribution < -0.4 is 4.90 Å². The number of Topliss-reactive ketones (excluding diaryl/α,β-unsaturated/α-hetero) is 1. The maximum atomic E-state index is 13.7. The normalized spacial score (nSPS) is 17.9. The Morgan fingerprint density at radius 3 is 2.47 bits per heavy atom. The lowest BCUT2D eigenvalue weighted by Crippen LogP contribution is -2.29. The number of benzene rings is 3. The molecule has 5 nitrogen and oxygen atoms in total. The van der Waals surface area contributed by atoms with Gasteiger partial charge in [-0.1, -0.05) is 65.4 Å². The number of nitrogens with zero attached hydrogens (tertiary/aromatic N) is 2. The number of rotatable bonds is 3. The molecule has 3 aromatic carbocycles. The first kappa shape index (κ1) is 20.4. The van der Waals surface area contributed by atoms with E-state index in [2.05, 4.69) is 4.98 Å². The first-order valence-electron chi connectivity index (χ1n) is 9.62. The van der Waals surface area contributed by atoms with E-state index < -0.39 is 23.5 Å². The van der Waals surface area contributed by atoms with Gasteiger partial charge in [-0.2, -0.15) is 0 Å². The van der Waals surface area contributed by atoms with Gasteiger partial charge in [-0.15, -0.1) is 0 Å². The van der Waals surface area contributed by atoms with Crippen molar-refractivity contribution >= 4 is 55.7 Å². The fourth-order valence-electron chi connectivity index (χ4n) is 3.73. The van der Waals surface area contributed by atoms with E-state index in [0.29, 0.717) is 26.4 Å². The number of carbonyl (C=O) groups is 2. The molecule has 1 saturated heterocycles. The molecule has 158 valence electrons. The second kappa shape index (κ2) is 7.85. The van der Waals surface area contributed by atoms with Crippen molar-refractivity contribution in [2.75, 3.05) is 4.90 Å². The first-order chi connectivity index (χ1) is 15.4. The van der Waals surface area contributed by atoms with Crippen molar-refractivity contribution in [3.63, 3.8) is 0 Å². The molecule has 32 heavy (non-hydrogen) atoms. The number of aliphatic hydroxyl groups excluding tert-OH is 1. The number of fused-ring (bicyclic) bond motifs is 1. The van der Waals surface area contributed by atoms with Gasteiger partial charge in [0.15, 0.2) is 5.13 Å². The number of hydrogen-bond donors (Lipinski definition) is 1. The molecule has 1 fully saturated rings. The Kier molecular flexibility index (Phi) is 5.00. The number of aliphatic hydroxyl groups is 1. The smallest absolute Gasteiger partial charge is 0.301 e. The maximum Gasteiger partial charge on any atom is 0.301 e. The number of anilines is 1. The summed E-state index contributed by atoms with van der Waals surface area (Å²) >= 11 is 7.13. The standard InChI is InChI=1S/C24H14ClFN2O3S/c25-15-8-6-13(7-9-15)20-19(21(29)14-4-2-1-3-5-14)22(30)23(31)28(20)24-27-17-11-10-16(26)12-18(17)32-24/h1-12,20,29H/b21-19+. The van der Waals surface area contributed by atoms with Crippen molar-refractivity contribution in [3.8, 4) is 0 Å². The molecule has 1 amide bonds. The average molecular weight is 465 g/mol. The highest BCUT2D eigenvalue weighted by atomic mass is 35.5. The number of aromatic nitrogens is 1. The number of carbonyl (C=O) groups excluding carboxylic acids is 2. The molecular formula is C24H14ClFN2O3S. The second-order valence-electron chi connectivity index (χ2n) is 7.20. The lowest BCUT2D eigenvalue weighted by atomic mass is 9.95. The highest BCUT2D eigenvalue weighted by Gasteiger charge is 2.48. The van der Waals surface area contributed by atoms with Gasteiger partial charge in [0.1, 0.15) is 11.6 Å². The van der Waals surface area contributed by atoms with Crippen LogP contribution in [0.15, 0.2) is 78.4 Å². The number of halogens is 2. The third-order valence-corrected chi connectivity index (χ3v) is 6.49. The number of amides is 1. The molecule has 1 N–H and O–H groups in total. The van der Waals surface area contributed by atoms with Crippen LogP contribution in [0.3, 0.4) is 0 Å². The Bertz CT molecular complexity index is 1400. The van der Waals surface area contributed by atoms with Gasteiger partial charge >= 0.3 is 5.91 Å². The molecule has 4 aromatic rings. The topological polar surface area (TPSA) is 70.5 Å². The van der Waals surface area contributed by atoms with Crippen molar-refractivity contribution in [1.82, 2.24) is 4.98 Å². The molecule has 1 aliphatic heterocycles. The van der Waals surface area contributed by atoms with E-state index in [9.17, 15) is 19.1 Å². The zero-order valence-electron chi connectivity index (χ0n) is 16.3. The van der Waals surface area contributed by atoms with Crippen LogP contribution in [0.25, 0.3) is 16.0 Å². The molecule has 2 heterocycles. The lowest BCUT2D eigenvalue weighted by molar-refractivity contribution is -0.132. The van der Waals surface area contributed by atoms with Gasteiger partial charge in [-0.05, 0) is 35.9 Å². The Hall–Kier alpha value is -3.55. The van der Waals surface area contributed by atoms with Crippen LogP contribution in [0.5, 0.6) is 0 Å². The van der Waals surface area contributed by atoms with E-state index in [1.165, 1.54) is 23.1 Å². The Balaban J connectivity index is 1.73. The van der Waals surface area contributed by atoms with Crippen molar-refractivity contribution in [2.24, 2.45) is 0 Å². The van der Waals surface area contributed by atoms with E-state index >= 15 is 0 Å². The fraction of sp³-hybridized carbons (Fsp3) is 0.0417. The van der Waals surface area contributed by atoms with Crippen LogP contribution in [0.2, 0.25) is 5.02 Å². The molecule has 1 aromatic heterocycles. The zero-order valence-corrected chi connectivity index (χ0v) is 17.9. The molecule has 8 heteroatoms. The Morgan fingerprint density at radius 2 is 1.75 bits per heavy atom. The van der Waals surface area contributed by atoms with Gasteiger partial charge in [0.2, 0.25) is 0 Å². The Labute approximate surface area is 191 Å². The van der Waals surface area contributed by atoms with Crippen LogP contribution in [0.1, 0.15) is 17.2 Å². The van der Waals surface area contributed by atoms with Crippen LogP contribution in [0, 0.1) is 5.82 Å². The minimum atomic E-state index is -0.919. The summed E-state index contributed by atoms with van der Waals surface area (Å²) in [7, 11) is 0. The first-order valence-corrected chi connectivity index (χ1v) is 10.8. The maximum absolute atomic E-state index is 13.7. The average Bonchev–Trinajstić information content (AvgIpc) is 3.32. The highest BCUT2D eigenvalue weighted by Crippen LogP contribution is 2.44. The molecule has 1 aliphatic rings. The second-order valence-corrected chi connectivity index (χ2v) is 8.64. The van der Waals surface area contributed by atoms with Gasteiger partial charge < -0.3 is 5.11 Å². The van der Waals surface area contributed by atoms with Gasteiger partial charge in [0.25, 0.3) is 5.78 Å². The third-order valence-electron chi connectivity index (χ3n) is 5.22. The largest absolute Gasteiger partial charge is 0.507 e. The van der Waals surface area contributed by atoms with Crippen LogP contribution >= 0.6 is 22.9 Å². The lowest BCUT2D eigenvalue weighted by Gasteiger charge is -2.23. The highest BCUT2D eigenvalue weighted by molar-refractivity contribution is 7.22. The van der Waals surface area contributed by atoms with E-state index in [-0.39, 0.29) is 16.5 Å². The summed E-state index contributed by atoms with van der Waals surface area (Å²) in [6, 6.07) is 18.4. The fourth-order valence-corrected chi connectivity index (χ4v) is 4.87. The quantitative estimate of drug-likeness (QED) is 0.239. The molecule has 0 radical (unpaired) electrons. The monoisotopic (exact) mass is 464 g/mol. The molecule has 5 rings (SSSR count). The molecule has 0 spiro atoms. The van der Waals surface area contributed by atoms with Gasteiger partial charge in [0.05, 0.1) is 21.8 Å². The van der Waals surface area contributed by atoms with Crippen molar-refractivity contribution < 1.29 is 19.1 Å². The van der Waals surface area contributed by atoms with E-state index in [0.717, 1.165) is 11.3 Å². The van der Waals surface area contributed by atoms with Crippen molar-refractivity contribution in [2.45, 2.75) is 6.04 Å². The summed E-state index contributed by atoms with van der Waals surface area (Å²) in [6.45, 7) is 0. The predicted octanol–water partition coefficient (Wildman–Crippen LogP) is 5.72. The summed E-state index contributed by atoms with van der Waals surface area (Å²) in [5.41, 5.74) is 1.45. The minimum Gasteiger partial charge on any atom is -0.507 e. The summed E-state index contributed by atoms with van der Waals surface area (Å²) in [5.74, 6) is -2.34. The number of thiazole rings is 1. The molecule has 0 saturated carbocycles. The molecule has 1 atom stereocenters. The molecule has 0 aliphatic carbocycles. The third kappa shape index (κ3) is 3.36. The number of ketones is 1. The SMILES string of the molecule is O=C1C(=O)N(c2nc3ccc(F)cc3s2)C(c2ccc(Cl)cc2)/C1=C(\O)c1ccccc1. The van der Waals surface area contributed by atoms with Crippen LogP contribution in [0.4, 0.5) is 9.52 Å². The minimum absolute atomic E-state index is 0.0473. The van der Waals surface area contributed by atoms with E-state index in [1.54, 1.807) is 54.6 Å².